The molecule has 1 heterocycles. The van der Waals surface area contributed by atoms with Crippen LogP contribution in [0, 0.1) is 17.1 Å². The maximum Gasteiger partial charge on any atom is 0.252 e. The number of nitrogens with zero attached hydrogens (tertiary/aromatic N) is 5. The number of carbonyl (C=O) groups excluding carboxylic acids is 1. The quantitative estimate of drug-likeness (QED) is 0.646. The molecular formula is C22H22ClFN6O. The summed E-state index contributed by atoms with van der Waals surface area (Å²) in [6.07, 6.45) is 0. The minimum atomic E-state index is -1.06. The first-order valence-corrected chi connectivity index (χ1v) is 9.92. The second-order valence-electron chi connectivity index (χ2n) is 8.75. The van der Waals surface area contributed by atoms with Crippen molar-refractivity contribution in [2.45, 2.75) is 45.6 Å². The summed E-state index contributed by atoms with van der Waals surface area (Å²) in [7, 11) is 0. The van der Waals surface area contributed by atoms with Gasteiger partial charge in [0.2, 0.25) is 0 Å². The monoisotopic (exact) mass is 440 g/mol. The van der Waals surface area contributed by atoms with Crippen LogP contribution >= 0.6 is 11.6 Å². The van der Waals surface area contributed by atoms with Crippen molar-refractivity contribution in [3.8, 4) is 22.9 Å². The summed E-state index contributed by atoms with van der Waals surface area (Å²) < 4.78 is 15.6. The van der Waals surface area contributed by atoms with Crippen LogP contribution in [0.2, 0.25) is 5.02 Å². The Hall–Kier alpha value is -3.31. The van der Waals surface area contributed by atoms with Gasteiger partial charge in [0.15, 0.2) is 5.82 Å². The molecule has 0 fully saturated rings. The topological polar surface area (TPSA) is 96.5 Å². The Morgan fingerprint density at radius 2 is 1.84 bits per heavy atom. The first-order chi connectivity index (χ1) is 14.4. The molecule has 1 amide bonds. The van der Waals surface area contributed by atoms with E-state index < -0.39 is 17.3 Å². The van der Waals surface area contributed by atoms with Crippen LogP contribution in [0.15, 0.2) is 36.4 Å². The molecule has 1 N–H and O–H groups in total. The predicted octanol–water partition coefficient (Wildman–Crippen LogP) is 4.45. The van der Waals surface area contributed by atoms with Crippen molar-refractivity contribution in [3.05, 3.63) is 58.6 Å². The fourth-order valence-electron chi connectivity index (χ4n) is 2.92. The van der Waals surface area contributed by atoms with Crippen LogP contribution in [0.1, 0.15) is 50.8 Å². The third-order valence-corrected chi connectivity index (χ3v) is 4.83. The highest BCUT2D eigenvalue weighted by Gasteiger charge is 2.25. The molecular weight excluding hydrogens is 419 g/mol. The lowest BCUT2D eigenvalue weighted by Crippen LogP contribution is -2.42. The molecule has 2 aromatic carbocycles. The average molecular weight is 441 g/mol. The zero-order chi connectivity index (χ0) is 23.0. The summed E-state index contributed by atoms with van der Waals surface area (Å²) in [6.45, 7) is 9.11. The highest BCUT2D eigenvalue weighted by atomic mass is 35.5. The number of carbonyl (C=O) groups is 1. The van der Waals surface area contributed by atoms with Crippen molar-refractivity contribution >= 4 is 17.5 Å². The Kier molecular flexibility index (Phi) is 5.83. The number of halogens is 2. The minimum Gasteiger partial charge on any atom is -0.334 e. The van der Waals surface area contributed by atoms with E-state index in [1.807, 2.05) is 26.8 Å². The van der Waals surface area contributed by atoms with E-state index in [-0.39, 0.29) is 16.0 Å². The number of amides is 1. The van der Waals surface area contributed by atoms with Gasteiger partial charge in [0, 0.05) is 11.0 Å². The molecule has 0 aliphatic rings. The van der Waals surface area contributed by atoms with E-state index in [1.165, 1.54) is 12.1 Å². The Bertz CT molecular complexity index is 1190. The molecule has 1 aromatic heterocycles. The first-order valence-electron chi connectivity index (χ1n) is 9.55. The Morgan fingerprint density at radius 1 is 1.13 bits per heavy atom. The molecule has 0 saturated carbocycles. The smallest absolute Gasteiger partial charge is 0.252 e. The lowest BCUT2D eigenvalue weighted by molar-refractivity contribution is 0.0929. The van der Waals surface area contributed by atoms with Crippen molar-refractivity contribution in [1.29, 1.82) is 5.26 Å². The van der Waals surface area contributed by atoms with Crippen LogP contribution in [0.4, 0.5) is 4.39 Å². The summed E-state index contributed by atoms with van der Waals surface area (Å²) >= 11 is 5.82. The van der Waals surface area contributed by atoms with Crippen molar-refractivity contribution in [2.75, 3.05) is 0 Å². The van der Waals surface area contributed by atoms with Crippen molar-refractivity contribution in [1.82, 2.24) is 25.5 Å². The number of nitrogens with one attached hydrogen (secondary N) is 1. The van der Waals surface area contributed by atoms with Gasteiger partial charge in [-0.1, -0.05) is 38.4 Å². The normalized spacial score (nSPS) is 11.8. The lowest BCUT2D eigenvalue weighted by Gasteiger charge is -2.20. The Labute approximate surface area is 184 Å². The summed E-state index contributed by atoms with van der Waals surface area (Å²) in [5, 5.41) is 23.9. The molecule has 0 aliphatic carbocycles. The van der Waals surface area contributed by atoms with Crippen LogP contribution in [-0.2, 0) is 5.41 Å². The Morgan fingerprint density at radius 3 is 2.45 bits per heavy atom. The van der Waals surface area contributed by atoms with Crippen molar-refractivity contribution < 1.29 is 9.18 Å². The lowest BCUT2D eigenvalue weighted by atomic mass is 9.95. The predicted molar refractivity (Wildman–Crippen MR) is 115 cm³/mol. The average Bonchev–Trinajstić information content (AvgIpc) is 3.20. The molecule has 0 aliphatic heterocycles. The van der Waals surface area contributed by atoms with E-state index in [9.17, 15) is 14.4 Å². The van der Waals surface area contributed by atoms with Gasteiger partial charge in [0.1, 0.15) is 11.4 Å². The molecule has 31 heavy (non-hydrogen) atoms. The molecule has 3 rings (SSSR count). The minimum absolute atomic E-state index is 0.00383. The standard InChI is InChI=1S/C22H22ClFN6O/c1-21(2,3)20-27-28-29-30(20)16-9-14(13-6-7-17(23)18(24)11-13)8-15(10-16)19(31)26-22(4,5)12-25/h6-11H,1-5H3,(H,26,31). The fraction of sp³-hybridized carbons (Fsp3) is 0.318. The molecule has 0 bridgehead atoms. The van der Waals surface area contributed by atoms with Crippen molar-refractivity contribution in [3.63, 3.8) is 0 Å². The molecule has 0 spiro atoms. The third-order valence-electron chi connectivity index (χ3n) is 4.52. The zero-order valence-corrected chi connectivity index (χ0v) is 18.6. The number of rotatable bonds is 4. The summed E-state index contributed by atoms with van der Waals surface area (Å²) in [4.78, 5) is 12.9. The molecule has 9 heteroatoms. The van der Waals surface area contributed by atoms with E-state index in [4.69, 9.17) is 11.6 Å². The third kappa shape index (κ3) is 4.89. The van der Waals surface area contributed by atoms with Crippen LogP contribution in [0.3, 0.4) is 0 Å². The van der Waals surface area contributed by atoms with Gasteiger partial charge >= 0.3 is 0 Å². The van der Waals surface area contributed by atoms with Gasteiger partial charge in [-0.3, -0.25) is 4.79 Å². The molecule has 0 unspecified atom stereocenters. The highest BCUT2D eigenvalue weighted by molar-refractivity contribution is 6.30. The van der Waals surface area contributed by atoms with Gasteiger partial charge in [-0.05, 0) is 65.7 Å². The first kappa shape index (κ1) is 22.4. The van der Waals surface area contributed by atoms with E-state index in [0.29, 0.717) is 22.6 Å². The van der Waals surface area contributed by atoms with Crippen LogP contribution < -0.4 is 5.32 Å². The SMILES string of the molecule is CC(C)(C#N)NC(=O)c1cc(-c2ccc(Cl)c(F)c2)cc(-n2nnnc2C(C)(C)C)c1. The second-order valence-corrected chi connectivity index (χ2v) is 9.16. The summed E-state index contributed by atoms with van der Waals surface area (Å²) in [5.74, 6) is -0.427. The molecule has 7 nitrogen and oxygen atoms in total. The number of aromatic nitrogens is 4. The van der Waals surface area contributed by atoms with Gasteiger partial charge < -0.3 is 5.32 Å². The molecule has 160 valence electrons. The van der Waals surface area contributed by atoms with E-state index >= 15 is 0 Å². The number of hydrogen-bond donors (Lipinski definition) is 1. The van der Waals surface area contributed by atoms with Crippen LogP contribution in [0.25, 0.3) is 16.8 Å². The second kappa shape index (κ2) is 8.08. The summed E-state index contributed by atoms with van der Waals surface area (Å²) in [6, 6.07) is 11.5. The summed E-state index contributed by atoms with van der Waals surface area (Å²) in [5.41, 5.74) is 0.484. The molecule has 0 radical (unpaired) electrons. The Balaban J connectivity index is 2.20. The number of benzene rings is 2. The van der Waals surface area contributed by atoms with Crippen LogP contribution in [0.5, 0.6) is 0 Å². The number of hydrogen-bond acceptors (Lipinski definition) is 5. The number of nitriles is 1. The molecule has 0 atom stereocenters. The number of tetrazole rings is 1. The maximum absolute atomic E-state index is 14.1. The largest absolute Gasteiger partial charge is 0.334 e. The fourth-order valence-corrected chi connectivity index (χ4v) is 3.04. The van der Waals surface area contributed by atoms with Gasteiger partial charge in [-0.2, -0.15) is 9.94 Å². The van der Waals surface area contributed by atoms with E-state index in [2.05, 4.69) is 20.8 Å². The van der Waals surface area contributed by atoms with Gasteiger partial charge in [0.05, 0.1) is 16.8 Å². The van der Waals surface area contributed by atoms with E-state index in [1.54, 1.807) is 42.8 Å². The van der Waals surface area contributed by atoms with Crippen LogP contribution in [-0.4, -0.2) is 31.7 Å². The molecule has 0 saturated heterocycles. The molecule has 3 aromatic rings. The van der Waals surface area contributed by atoms with Gasteiger partial charge in [-0.15, -0.1) is 5.10 Å². The van der Waals surface area contributed by atoms with Gasteiger partial charge in [-0.25, -0.2) is 4.39 Å². The van der Waals surface area contributed by atoms with Gasteiger partial charge in [0.25, 0.3) is 5.91 Å². The van der Waals surface area contributed by atoms with E-state index in [0.717, 1.165) is 0 Å². The highest BCUT2D eigenvalue weighted by Crippen LogP contribution is 2.29. The van der Waals surface area contributed by atoms with Crippen molar-refractivity contribution in [2.24, 2.45) is 0 Å². The maximum atomic E-state index is 14.1. The zero-order valence-electron chi connectivity index (χ0n) is 17.9.